The SMILES string of the molecule is CC(=O)c1cc(C=O)c(C#N)c([N+](=O)[O-])c1. The highest BCUT2D eigenvalue weighted by atomic mass is 16.6. The lowest BCUT2D eigenvalue weighted by Crippen LogP contribution is -2.02. The zero-order chi connectivity index (χ0) is 12.3. The van der Waals surface area contributed by atoms with Crippen molar-refractivity contribution in [2.24, 2.45) is 0 Å². The second kappa shape index (κ2) is 4.31. The number of hydrogen-bond donors (Lipinski definition) is 0. The van der Waals surface area contributed by atoms with E-state index in [-0.39, 0.29) is 16.7 Å². The third-order valence-electron chi connectivity index (χ3n) is 1.99. The van der Waals surface area contributed by atoms with Gasteiger partial charge >= 0.3 is 0 Å². The van der Waals surface area contributed by atoms with Crippen LogP contribution in [0.5, 0.6) is 0 Å². The van der Waals surface area contributed by atoms with Gasteiger partial charge in [0.25, 0.3) is 5.69 Å². The molecule has 16 heavy (non-hydrogen) atoms. The van der Waals surface area contributed by atoms with Gasteiger partial charge in [0.15, 0.2) is 12.1 Å². The van der Waals surface area contributed by atoms with E-state index in [1.165, 1.54) is 13.0 Å². The quantitative estimate of drug-likeness (QED) is 0.331. The average Bonchev–Trinajstić information content (AvgIpc) is 2.26. The summed E-state index contributed by atoms with van der Waals surface area (Å²) in [6, 6.07) is 3.74. The molecule has 1 rings (SSSR count). The summed E-state index contributed by atoms with van der Waals surface area (Å²) in [5, 5.41) is 19.4. The number of ketones is 1. The van der Waals surface area contributed by atoms with Gasteiger partial charge in [-0.15, -0.1) is 0 Å². The molecule has 0 saturated heterocycles. The van der Waals surface area contributed by atoms with E-state index in [1.54, 1.807) is 6.07 Å². The van der Waals surface area contributed by atoms with E-state index < -0.39 is 16.4 Å². The molecule has 0 amide bonds. The number of nitro groups is 1. The lowest BCUT2D eigenvalue weighted by atomic mass is 10.0. The van der Waals surface area contributed by atoms with Crippen molar-refractivity contribution in [3.63, 3.8) is 0 Å². The molecule has 0 atom stereocenters. The van der Waals surface area contributed by atoms with Crippen LogP contribution < -0.4 is 0 Å². The van der Waals surface area contributed by atoms with Crippen molar-refractivity contribution in [1.82, 2.24) is 0 Å². The fourth-order valence-electron chi connectivity index (χ4n) is 1.21. The summed E-state index contributed by atoms with van der Waals surface area (Å²) in [4.78, 5) is 31.6. The van der Waals surface area contributed by atoms with E-state index in [0.29, 0.717) is 6.29 Å². The van der Waals surface area contributed by atoms with Crippen LogP contribution in [-0.4, -0.2) is 17.0 Å². The van der Waals surface area contributed by atoms with Gasteiger partial charge in [-0.05, 0) is 13.0 Å². The number of benzene rings is 1. The smallest absolute Gasteiger partial charge is 0.288 e. The van der Waals surface area contributed by atoms with Gasteiger partial charge in [0.2, 0.25) is 0 Å². The molecule has 1 aromatic rings. The largest absolute Gasteiger partial charge is 0.298 e. The van der Waals surface area contributed by atoms with E-state index in [1.807, 2.05) is 0 Å². The van der Waals surface area contributed by atoms with Crippen molar-refractivity contribution < 1.29 is 14.5 Å². The molecule has 80 valence electrons. The summed E-state index contributed by atoms with van der Waals surface area (Å²) in [5.41, 5.74) is -0.975. The minimum Gasteiger partial charge on any atom is -0.298 e. The molecule has 0 aliphatic carbocycles. The molecule has 0 aromatic heterocycles. The fourth-order valence-corrected chi connectivity index (χ4v) is 1.21. The third-order valence-corrected chi connectivity index (χ3v) is 1.99. The number of carbonyl (C=O) groups is 2. The van der Waals surface area contributed by atoms with Crippen molar-refractivity contribution in [3.8, 4) is 6.07 Å². The van der Waals surface area contributed by atoms with Crippen molar-refractivity contribution >= 4 is 17.8 Å². The van der Waals surface area contributed by atoms with Crippen LogP contribution in [0.1, 0.15) is 33.2 Å². The molecular weight excluding hydrogens is 212 g/mol. The van der Waals surface area contributed by atoms with Crippen LogP contribution in [0, 0.1) is 21.4 Å². The Morgan fingerprint density at radius 3 is 2.56 bits per heavy atom. The van der Waals surface area contributed by atoms with Crippen LogP contribution >= 0.6 is 0 Å². The molecule has 0 fully saturated rings. The van der Waals surface area contributed by atoms with Crippen molar-refractivity contribution in [3.05, 3.63) is 38.9 Å². The maximum absolute atomic E-state index is 11.1. The number of nitriles is 1. The maximum Gasteiger partial charge on any atom is 0.288 e. The van der Waals surface area contributed by atoms with Gasteiger partial charge < -0.3 is 0 Å². The van der Waals surface area contributed by atoms with Crippen molar-refractivity contribution in [2.75, 3.05) is 0 Å². The molecule has 0 bridgehead atoms. The summed E-state index contributed by atoms with van der Waals surface area (Å²) in [7, 11) is 0. The van der Waals surface area contributed by atoms with Gasteiger partial charge in [0.05, 0.1) is 4.92 Å². The highest BCUT2D eigenvalue weighted by Gasteiger charge is 2.20. The molecule has 0 radical (unpaired) electrons. The van der Waals surface area contributed by atoms with Gasteiger partial charge in [-0.3, -0.25) is 19.7 Å². The number of rotatable bonds is 3. The van der Waals surface area contributed by atoms with E-state index in [2.05, 4.69) is 0 Å². The molecule has 0 aliphatic rings. The highest BCUT2D eigenvalue weighted by Crippen LogP contribution is 2.23. The summed E-state index contributed by atoms with van der Waals surface area (Å²) in [6.07, 6.45) is 0.317. The first-order valence-electron chi connectivity index (χ1n) is 4.20. The molecular formula is C10H6N2O4. The monoisotopic (exact) mass is 218 g/mol. The lowest BCUT2D eigenvalue weighted by molar-refractivity contribution is -0.385. The molecule has 6 nitrogen and oxygen atoms in total. The minimum atomic E-state index is -0.794. The Balaban J connectivity index is 3.64. The van der Waals surface area contributed by atoms with E-state index >= 15 is 0 Å². The maximum atomic E-state index is 11.1. The molecule has 1 aromatic carbocycles. The van der Waals surface area contributed by atoms with Gasteiger partial charge in [-0.2, -0.15) is 5.26 Å². The summed E-state index contributed by atoms with van der Waals surface area (Å²) in [6.45, 7) is 1.22. The molecule has 0 saturated carbocycles. The highest BCUT2D eigenvalue weighted by molar-refractivity contribution is 5.97. The number of carbonyl (C=O) groups excluding carboxylic acids is 2. The Morgan fingerprint density at radius 2 is 2.19 bits per heavy atom. The first-order valence-corrected chi connectivity index (χ1v) is 4.20. The van der Waals surface area contributed by atoms with Crippen LogP contribution in [-0.2, 0) is 0 Å². The standard InChI is InChI=1S/C10H6N2O4/c1-6(14)7-2-8(5-13)9(4-11)10(3-7)12(15)16/h2-3,5H,1H3. The molecule has 0 heterocycles. The van der Waals surface area contributed by atoms with Gasteiger partial charge in [0.1, 0.15) is 11.6 Å². The Labute approximate surface area is 90.3 Å². The minimum absolute atomic E-state index is 0.0350. The summed E-state index contributed by atoms with van der Waals surface area (Å²) >= 11 is 0. The van der Waals surface area contributed by atoms with Crippen LogP contribution in [0.3, 0.4) is 0 Å². The Morgan fingerprint density at radius 1 is 1.56 bits per heavy atom. The Hall–Kier alpha value is -2.55. The van der Waals surface area contributed by atoms with Crippen molar-refractivity contribution in [1.29, 1.82) is 5.26 Å². The third kappa shape index (κ3) is 1.93. The van der Waals surface area contributed by atoms with Gasteiger partial charge in [-0.25, -0.2) is 0 Å². The number of Topliss-reactive ketones (excluding diaryl/α,β-unsaturated/α-hetero) is 1. The Bertz CT molecular complexity index is 528. The zero-order valence-electron chi connectivity index (χ0n) is 8.26. The number of hydrogen-bond acceptors (Lipinski definition) is 5. The van der Waals surface area contributed by atoms with Crippen molar-refractivity contribution in [2.45, 2.75) is 6.92 Å². The normalized spacial score (nSPS) is 9.25. The molecule has 0 aliphatic heterocycles. The topological polar surface area (TPSA) is 101 Å². The number of aldehydes is 1. The van der Waals surface area contributed by atoms with Gasteiger partial charge in [0, 0.05) is 17.2 Å². The van der Waals surface area contributed by atoms with E-state index in [4.69, 9.17) is 5.26 Å². The predicted molar refractivity (Wildman–Crippen MR) is 53.2 cm³/mol. The van der Waals surface area contributed by atoms with Gasteiger partial charge in [-0.1, -0.05) is 0 Å². The zero-order valence-corrected chi connectivity index (χ0v) is 8.26. The lowest BCUT2D eigenvalue weighted by Gasteiger charge is -2.01. The number of nitro benzene ring substituents is 1. The van der Waals surface area contributed by atoms with Crippen LogP contribution in [0.15, 0.2) is 12.1 Å². The summed E-state index contributed by atoms with van der Waals surface area (Å²) < 4.78 is 0. The average molecular weight is 218 g/mol. The second-order valence-electron chi connectivity index (χ2n) is 3.00. The molecule has 0 unspecified atom stereocenters. The van der Waals surface area contributed by atoms with E-state index in [9.17, 15) is 19.7 Å². The van der Waals surface area contributed by atoms with Crippen LogP contribution in [0.4, 0.5) is 5.69 Å². The molecule has 6 heteroatoms. The first-order chi connectivity index (χ1) is 7.51. The Kier molecular flexibility index (Phi) is 3.11. The van der Waals surface area contributed by atoms with Crippen LogP contribution in [0.25, 0.3) is 0 Å². The first kappa shape index (κ1) is 11.5. The molecule has 0 spiro atoms. The predicted octanol–water partition coefficient (Wildman–Crippen LogP) is 1.48. The number of nitrogens with zero attached hydrogens (tertiary/aromatic N) is 2. The summed E-state index contributed by atoms with van der Waals surface area (Å²) in [5.74, 6) is -0.407. The van der Waals surface area contributed by atoms with Crippen LogP contribution in [0.2, 0.25) is 0 Å². The molecule has 0 N–H and O–H groups in total. The van der Waals surface area contributed by atoms with E-state index in [0.717, 1.165) is 6.07 Å². The fraction of sp³-hybridized carbons (Fsp3) is 0.100. The second-order valence-corrected chi connectivity index (χ2v) is 3.00.